The fourth-order valence-electron chi connectivity index (χ4n) is 2.55. The molecule has 28 heavy (non-hydrogen) atoms. The molecule has 3 aromatic rings. The molecule has 1 aliphatic carbocycles. The van der Waals surface area contributed by atoms with Gasteiger partial charge in [-0.05, 0) is 43.3 Å². The number of oxazole rings is 1. The first kappa shape index (κ1) is 18.9. The summed E-state index contributed by atoms with van der Waals surface area (Å²) in [5.41, 5.74) is 2.39. The normalized spacial score (nSPS) is 14.2. The van der Waals surface area contributed by atoms with Crippen LogP contribution in [-0.4, -0.2) is 25.4 Å². The van der Waals surface area contributed by atoms with Gasteiger partial charge in [-0.15, -0.1) is 11.3 Å². The lowest BCUT2D eigenvalue weighted by molar-refractivity contribution is 0.0469. The number of hydrogen-bond acceptors (Lipinski definition) is 7. The van der Waals surface area contributed by atoms with E-state index < -0.39 is 16.0 Å². The van der Waals surface area contributed by atoms with E-state index in [2.05, 4.69) is 9.71 Å². The van der Waals surface area contributed by atoms with E-state index in [1.807, 2.05) is 31.2 Å². The zero-order chi connectivity index (χ0) is 19.7. The van der Waals surface area contributed by atoms with Gasteiger partial charge in [0, 0.05) is 11.6 Å². The molecule has 0 aliphatic heterocycles. The van der Waals surface area contributed by atoms with Crippen LogP contribution in [0.4, 0.5) is 0 Å². The number of carbonyl (C=O) groups is 1. The maximum atomic E-state index is 12.4. The topological polar surface area (TPSA) is 98.5 Å². The van der Waals surface area contributed by atoms with Crippen LogP contribution in [0.15, 0.2) is 51.3 Å². The van der Waals surface area contributed by atoms with Crippen LogP contribution in [-0.2, 0) is 21.4 Å². The van der Waals surface area contributed by atoms with Crippen molar-refractivity contribution < 1.29 is 22.4 Å². The first-order valence-corrected chi connectivity index (χ1v) is 11.1. The second kappa shape index (κ2) is 7.50. The molecule has 7 nitrogen and oxygen atoms in total. The highest BCUT2D eigenvalue weighted by Crippen LogP contribution is 2.27. The zero-order valence-electron chi connectivity index (χ0n) is 15.0. The lowest BCUT2D eigenvalue weighted by Gasteiger charge is -2.06. The van der Waals surface area contributed by atoms with Gasteiger partial charge in [0.05, 0.1) is 0 Å². The Hall–Kier alpha value is -2.49. The summed E-state index contributed by atoms with van der Waals surface area (Å²) in [6.07, 6.45) is 3.06. The maximum absolute atomic E-state index is 12.4. The number of benzene rings is 1. The molecule has 0 atom stereocenters. The molecule has 1 N–H and O–H groups in total. The van der Waals surface area contributed by atoms with Gasteiger partial charge in [-0.25, -0.2) is 22.9 Å². The number of hydrogen-bond donors (Lipinski definition) is 1. The smallest absolute Gasteiger partial charge is 0.350 e. The van der Waals surface area contributed by atoms with Crippen molar-refractivity contribution in [3.63, 3.8) is 0 Å². The summed E-state index contributed by atoms with van der Waals surface area (Å²) < 4.78 is 38.0. The quantitative estimate of drug-likeness (QED) is 0.590. The van der Waals surface area contributed by atoms with Crippen LogP contribution in [0, 0.1) is 6.92 Å². The Morgan fingerprint density at radius 1 is 1.29 bits per heavy atom. The van der Waals surface area contributed by atoms with Crippen molar-refractivity contribution in [2.45, 2.75) is 37.3 Å². The van der Waals surface area contributed by atoms with Crippen LogP contribution in [0.3, 0.4) is 0 Å². The molecule has 1 fully saturated rings. The van der Waals surface area contributed by atoms with Crippen LogP contribution in [0.2, 0.25) is 0 Å². The largest absolute Gasteiger partial charge is 0.455 e. The van der Waals surface area contributed by atoms with E-state index in [1.54, 1.807) is 5.38 Å². The minimum absolute atomic E-state index is 0.0379. The lowest BCUT2D eigenvalue weighted by Crippen LogP contribution is -2.26. The monoisotopic (exact) mass is 418 g/mol. The molecule has 2 aromatic heterocycles. The summed E-state index contributed by atoms with van der Waals surface area (Å²) in [4.78, 5) is 16.7. The molecular weight excluding hydrogens is 400 g/mol. The third-order valence-electron chi connectivity index (χ3n) is 4.20. The molecule has 1 saturated carbocycles. The molecule has 0 amide bonds. The Kier molecular flexibility index (Phi) is 5.05. The van der Waals surface area contributed by atoms with Crippen molar-refractivity contribution in [2.75, 3.05) is 0 Å². The number of sulfonamides is 1. The maximum Gasteiger partial charge on any atom is 0.350 e. The summed E-state index contributed by atoms with van der Waals surface area (Å²) in [6, 6.07) is 9.07. The second-order valence-corrected chi connectivity index (χ2v) is 9.19. The Morgan fingerprint density at radius 3 is 2.75 bits per heavy atom. The Balaban J connectivity index is 1.43. The van der Waals surface area contributed by atoms with Gasteiger partial charge < -0.3 is 9.15 Å². The highest BCUT2D eigenvalue weighted by atomic mass is 32.2. The van der Waals surface area contributed by atoms with Gasteiger partial charge in [-0.3, -0.25) is 0 Å². The minimum atomic E-state index is -3.72. The van der Waals surface area contributed by atoms with Crippen LogP contribution >= 0.6 is 11.3 Å². The minimum Gasteiger partial charge on any atom is -0.455 e. The summed E-state index contributed by atoms with van der Waals surface area (Å²) in [5, 5.41) is 1.56. The highest BCUT2D eigenvalue weighted by Gasteiger charge is 2.31. The van der Waals surface area contributed by atoms with Crippen LogP contribution < -0.4 is 4.72 Å². The molecule has 0 bridgehead atoms. The number of ether oxygens (including phenoxy) is 1. The van der Waals surface area contributed by atoms with E-state index in [0.29, 0.717) is 11.6 Å². The molecule has 0 unspecified atom stereocenters. The fraction of sp³-hybridized carbons (Fsp3) is 0.263. The van der Waals surface area contributed by atoms with E-state index in [0.717, 1.165) is 35.3 Å². The van der Waals surface area contributed by atoms with Crippen molar-refractivity contribution >= 4 is 27.3 Å². The molecule has 0 radical (unpaired) electrons. The summed E-state index contributed by atoms with van der Waals surface area (Å²) in [5.74, 6) is -0.273. The van der Waals surface area contributed by atoms with Gasteiger partial charge in [-0.2, -0.15) is 0 Å². The second-order valence-electron chi connectivity index (χ2n) is 6.60. The van der Waals surface area contributed by atoms with Gasteiger partial charge >= 0.3 is 5.97 Å². The van der Waals surface area contributed by atoms with Crippen molar-refractivity contribution in [1.82, 2.24) is 9.71 Å². The molecule has 0 saturated heterocycles. The predicted molar refractivity (Wildman–Crippen MR) is 103 cm³/mol. The highest BCUT2D eigenvalue weighted by molar-refractivity contribution is 7.89. The van der Waals surface area contributed by atoms with Crippen LogP contribution in [0.1, 0.15) is 33.8 Å². The summed E-state index contributed by atoms with van der Waals surface area (Å²) >= 11 is 1.03. The number of carbonyl (C=O) groups excluding carboxylic acids is 1. The number of nitrogens with one attached hydrogen (secondary N) is 1. The number of aromatic nitrogens is 1. The van der Waals surface area contributed by atoms with Gasteiger partial charge in [0.2, 0.25) is 15.9 Å². The number of thiophene rings is 1. The molecule has 1 aliphatic rings. The standard InChI is InChI=1S/C19H18N2O5S2/c1-12-2-4-13(5-3-12)18-20-15(10-25-18)11-26-19(22)17-16(8-9-27-17)28(23,24)21-14-6-7-14/h2-5,8-10,14,21H,6-7,11H2,1H3. The molecular formula is C19H18N2O5S2. The zero-order valence-corrected chi connectivity index (χ0v) is 16.7. The number of nitrogens with zero attached hydrogens (tertiary/aromatic N) is 1. The summed E-state index contributed by atoms with van der Waals surface area (Å²) in [7, 11) is -3.72. The van der Waals surface area contributed by atoms with E-state index in [9.17, 15) is 13.2 Å². The Morgan fingerprint density at radius 2 is 2.04 bits per heavy atom. The van der Waals surface area contributed by atoms with E-state index in [-0.39, 0.29) is 22.4 Å². The fourth-order valence-corrected chi connectivity index (χ4v) is 5.16. The lowest BCUT2D eigenvalue weighted by atomic mass is 10.1. The molecule has 1 aromatic carbocycles. The van der Waals surface area contributed by atoms with E-state index in [1.165, 1.54) is 12.3 Å². The van der Waals surface area contributed by atoms with E-state index in [4.69, 9.17) is 9.15 Å². The van der Waals surface area contributed by atoms with Crippen molar-refractivity contribution in [2.24, 2.45) is 0 Å². The Bertz CT molecular complexity index is 1100. The van der Waals surface area contributed by atoms with Crippen molar-refractivity contribution in [3.05, 3.63) is 58.1 Å². The predicted octanol–water partition coefficient (Wildman–Crippen LogP) is 3.51. The van der Waals surface area contributed by atoms with Crippen molar-refractivity contribution in [1.29, 1.82) is 0 Å². The Labute approximate surface area is 166 Å². The molecule has 2 heterocycles. The third kappa shape index (κ3) is 4.16. The molecule has 146 valence electrons. The molecule has 0 spiro atoms. The number of rotatable bonds is 7. The van der Waals surface area contributed by atoms with E-state index >= 15 is 0 Å². The average Bonchev–Trinajstić information content (AvgIpc) is 3.14. The molecule has 4 rings (SSSR count). The third-order valence-corrected chi connectivity index (χ3v) is 6.79. The SMILES string of the molecule is Cc1ccc(-c2nc(COC(=O)c3sccc3S(=O)(=O)NC3CC3)co2)cc1. The number of aryl methyl sites for hydroxylation is 1. The molecule has 9 heteroatoms. The number of esters is 1. The van der Waals surface area contributed by atoms with Gasteiger partial charge in [0.25, 0.3) is 0 Å². The summed E-state index contributed by atoms with van der Waals surface area (Å²) in [6.45, 7) is 1.88. The van der Waals surface area contributed by atoms with Gasteiger partial charge in [0.15, 0.2) is 0 Å². The van der Waals surface area contributed by atoms with Gasteiger partial charge in [-0.1, -0.05) is 17.7 Å². The van der Waals surface area contributed by atoms with Gasteiger partial charge in [0.1, 0.15) is 28.3 Å². The van der Waals surface area contributed by atoms with Crippen LogP contribution in [0.5, 0.6) is 0 Å². The average molecular weight is 418 g/mol. The van der Waals surface area contributed by atoms with Crippen LogP contribution in [0.25, 0.3) is 11.5 Å². The first-order chi connectivity index (χ1) is 13.4. The first-order valence-electron chi connectivity index (χ1n) is 8.71. The van der Waals surface area contributed by atoms with Crippen molar-refractivity contribution in [3.8, 4) is 11.5 Å².